The monoisotopic (exact) mass is 1070 g/mol. The van der Waals surface area contributed by atoms with Crippen LogP contribution in [0, 0.1) is 0 Å². The lowest BCUT2D eigenvalue weighted by Crippen LogP contribution is -2.29. The summed E-state index contributed by atoms with van der Waals surface area (Å²) < 4.78 is 5.96. The van der Waals surface area contributed by atoms with E-state index in [0.717, 1.165) is 40.2 Å². The molecule has 3 nitrogen and oxygen atoms in total. The first-order valence-corrected chi connectivity index (χ1v) is 29.0. The minimum absolute atomic E-state index is 0.395. The molecule has 0 unspecified atom stereocenters. The summed E-state index contributed by atoms with van der Waals surface area (Å²) in [4.78, 5) is 16.1. The van der Waals surface area contributed by atoms with Crippen LogP contribution in [0.4, 0.5) is 17.1 Å². The molecule has 12 aromatic carbocycles. The highest BCUT2D eigenvalue weighted by Gasteiger charge is 2.48. The first kappa shape index (κ1) is 51.1. The van der Waals surface area contributed by atoms with Gasteiger partial charge in [-0.25, -0.2) is 4.79 Å². The molecule has 2 aliphatic carbocycles. The number of nitrogens with zero attached hydrogens (tertiary/aromatic N) is 1. The van der Waals surface area contributed by atoms with Crippen molar-refractivity contribution in [3.8, 4) is 50.3 Å². The lowest BCUT2D eigenvalue weighted by Gasteiger charge is -2.36. The van der Waals surface area contributed by atoms with Crippen LogP contribution in [-0.4, -0.2) is 5.97 Å². The Bertz CT molecular complexity index is 4080. The molecule has 0 atom stereocenters. The van der Waals surface area contributed by atoms with Crippen molar-refractivity contribution in [2.45, 2.75) is 43.9 Å². The summed E-state index contributed by atoms with van der Waals surface area (Å²) >= 11 is 0. The van der Waals surface area contributed by atoms with Gasteiger partial charge in [0.1, 0.15) is 5.75 Å². The Kier molecular flexibility index (Phi) is 13.0. The molecule has 14 rings (SSSR count). The fraction of sp³-hybridized carbons (Fsp3) is 0.0875. The van der Waals surface area contributed by atoms with Gasteiger partial charge in [-0.05, 0) is 173 Å². The fourth-order valence-corrected chi connectivity index (χ4v) is 13.6. The molecule has 0 saturated heterocycles. The molecule has 3 heteroatoms. The van der Waals surface area contributed by atoms with Crippen molar-refractivity contribution in [2.24, 2.45) is 0 Å². The molecule has 0 radical (unpaired) electrons. The van der Waals surface area contributed by atoms with Crippen LogP contribution in [0.2, 0.25) is 0 Å². The lowest BCUT2D eigenvalue weighted by molar-refractivity contribution is 0.0734. The van der Waals surface area contributed by atoms with E-state index in [2.05, 4.69) is 274 Å². The Morgan fingerprint density at radius 1 is 0.373 bits per heavy atom. The average molecular weight is 1070 g/mol. The van der Waals surface area contributed by atoms with E-state index in [0.29, 0.717) is 17.2 Å². The van der Waals surface area contributed by atoms with Crippen LogP contribution in [0.25, 0.3) is 44.5 Å². The Labute approximate surface area is 487 Å². The van der Waals surface area contributed by atoms with Crippen LogP contribution in [0.3, 0.4) is 0 Å². The second-order valence-electron chi connectivity index (χ2n) is 22.3. The Balaban J connectivity index is 0.870. The van der Waals surface area contributed by atoms with Crippen molar-refractivity contribution in [1.82, 2.24) is 0 Å². The van der Waals surface area contributed by atoms with E-state index in [9.17, 15) is 4.79 Å². The van der Waals surface area contributed by atoms with Crippen molar-refractivity contribution >= 4 is 23.0 Å². The molecule has 83 heavy (non-hydrogen) atoms. The van der Waals surface area contributed by atoms with Crippen LogP contribution >= 0.6 is 0 Å². The molecular weight excluding hydrogens is 1010 g/mol. The van der Waals surface area contributed by atoms with Crippen molar-refractivity contribution in [3.05, 3.63) is 358 Å². The summed E-state index contributed by atoms with van der Waals surface area (Å²) in [6, 6.07) is 107. The number of ether oxygens (including phenoxy) is 1. The van der Waals surface area contributed by atoms with Gasteiger partial charge in [0.15, 0.2) is 0 Å². The maximum atomic E-state index is 13.7. The first-order valence-electron chi connectivity index (χ1n) is 29.0. The van der Waals surface area contributed by atoms with Gasteiger partial charge in [-0.15, -0.1) is 0 Å². The summed E-state index contributed by atoms with van der Waals surface area (Å²) in [5, 5.41) is 0. The zero-order valence-electron chi connectivity index (χ0n) is 46.8. The smallest absolute Gasteiger partial charge is 0.343 e. The highest BCUT2D eigenvalue weighted by molar-refractivity contribution is 5.94. The predicted molar refractivity (Wildman–Crippen MR) is 341 cm³/mol. The van der Waals surface area contributed by atoms with Crippen LogP contribution in [0.15, 0.2) is 297 Å². The molecule has 0 bridgehead atoms. The number of benzene rings is 12. The summed E-state index contributed by atoms with van der Waals surface area (Å²) in [7, 11) is 0. The van der Waals surface area contributed by atoms with E-state index >= 15 is 0 Å². The molecule has 12 aromatic rings. The second kappa shape index (κ2) is 21.1. The maximum Gasteiger partial charge on any atom is 0.343 e. The average Bonchev–Trinajstić information content (AvgIpc) is 1.81. The zero-order valence-corrected chi connectivity index (χ0v) is 46.8. The van der Waals surface area contributed by atoms with Gasteiger partial charge in [-0.2, -0.15) is 0 Å². The van der Waals surface area contributed by atoms with Gasteiger partial charge >= 0.3 is 5.97 Å². The minimum Gasteiger partial charge on any atom is -0.423 e. The minimum atomic E-state index is -0.586. The molecule has 0 fully saturated rings. The number of anilines is 3. The number of hydrogen-bond acceptors (Lipinski definition) is 3. The third-order valence-corrected chi connectivity index (χ3v) is 17.5. The van der Waals surface area contributed by atoms with Crippen LogP contribution in [0.5, 0.6) is 5.75 Å². The summed E-state index contributed by atoms with van der Waals surface area (Å²) in [6.45, 7) is 6.63. The maximum absolute atomic E-state index is 13.7. The zero-order chi connectivity index (χ0) is 56.1. The van der Waals surface area contributed by atoms with Crippen LogP contribution < -0.4 is 9.64 Å². The standard InChI is InChI=1S/C80H61NO2/c1-4-55-33-38-60(54(2)3)51-73(55)58-41-47-68(48-42-58)83-78(82)59-36-34-56(35-37-59)57-39-43-65(44-40-57)81(66-45-49-71-69-29-17-19-31-74(69)79(76(71)52-66,61-21-9-5-10-22-61)62-23-11-6-12-24-62)67-46-50-72-70-30-18-20-32-75(70)80(77(72)53-67,63-25-13-7-14-26-63)64-27-15-8-16-28-64/h5-54H,4H2,1-3H3. The number of carbonyl (C=O) groups excluding carboxylic acids is 1. The normalized spacial score (nSPS) is 13.2. The summed E-state index contributed by atoms with van der Waals surface area (Å²) in [5.74, 6) is 0.551. The number of carbonyl (C=O) groups is 1. The molecule has 0 aliphatic heterocycles. The van der Waals surface area contributed by atoms with E-state index in [1.54, 1.807) is 0 Å². The molecule has 0 heterocycles. The predicted octanol–water partition coefficient (Wildman–Crippen LogP) is 20.1. The first-order chi connectivity index (χ1) is 40.8. The topological polar surface area (TPSA) is 29.5 Å². The molecule has 398 valence electrons. The van der Waals surface area contributed by atoms with E-state index in [4.69, 9.17) is 4.74 Å². The third-order valence-electron chi connectivity index (χ3n) is 17.5. The molecule has 0 saturated carbocycles. The van der Waals surface area contributed by atoms with E-state index in [1.165, 1.54) is 83.5 Å². The summed E-state index contributed by atoms with van der Waals surface area (Å²) in [5.41, 5.74) is 24.2. The Morgan fingerprint density at radius 2 is 0.771 bits per heavy atom. The largest absolute Gasteiger partial charge is 0.423 e. The van der Waals surface area contributed by atoms with Gasteiger partial charge in [-0.1, -0.05) is 257 Å². The fourth-order valence-electron chi connectivity index (χ4n) is 13.6. The second-order valence-corrected chi connectivity index (χ2v) is 22.3. The Hall–Kier alpha value is -10.1. The molecule has 2 aliphatic rings. The van der Waals surface area contributed by atoms with Crippen molar-refractivity contribution in [3.63, 3.8) is 0 Å². The molecule has 0 spiro atoms. The number of rotatable bonds is 13. The molecule has 0 aromatic heterocycles. The van der Waals surface area contributed by atoms with E-state index < -0.39 is 16.8 Å². The molecular formula is C80H61NO2. The SMILES string of the molecule is CCc1ccc(C(C)C)cc1-c1ccc(OC(=O)c2ccc(-c3ccc(N(c4ccc5c(c4)C(c4ccccc4)(c4ccccc4)c4ccccc4-5)c4ccc5c(c4)C(c4ccccc4)(c4ccccc4)c4ccccc4-5)cc3)cc2)cc1. The lowest BCUT2D eigenvalue weighted by atomic mass is 9.67. The molecule has 0 N–H and O–H groups in total. The van der Waals surface area contributed by atoms with Crippen LogP contribution in [0.1, 0.15) is 92.7 Å². The van der Waals surface area contributed by atoms with Gasteiger partial charge in [0.05, 0.1) is 16.4 Å². The molecule has 0 amide bonds. The highest BCUT2D eigenvalue weighted by Crippen LogP contribution is 2.59. The van der Waals surface area contributed by atoms with Gasteiger partial charge < -0.3 is 9.64 Å². The van der Waals surface area contributed by atoms with Gasteiger partial charge in [0.25, 0.3) is 0 Å². The van der Waals surface area contributed by atoms with Crippen LogP contribution in [-0.2, 0) is 17.3 Å². The van der Waals surface area contributed by atoms with E-state index in [1.807, 2.05) is 48.5 Å². The van der Waals surface area contributed by atoms with Gasteiger partial charge in [0, 0.05) is 17.1 Å². The number of aryl methyl sites for hydroxylation is 1. The Morgan fingerprint density at radius 3 is 1.22 bits per heavy atom. The van der Waals surface area contributed by atoms with Gasteiger partial charge in [0.2, 0.25) is 0 Å². The highest BCUT2D eigenvalue weighted by atomic mass is 16.5. The quantitative estimate of drug-likeness (QED) is 0.0851. The number of esters is 1. The summed E-state index contributed by atoms with van der Waals surface area (Å²) in [6.07, 6.45) is 0.941. The van der Waals surface area contributed by atoms with Crippen molar-refractivity contribution in [2.75, 3.05) is 4.90 Å². The number of hydrogen-bond donors (Lipinski definition) is 0. The van der Waals surface area contributed by atoms with Crippen molar-refractivity contribution in [1.29, 1.82) is 0 Å². The van der Waals surface area contributed by atoms with E-state index in [-0.39, 0.29) is 0 Å². The number of fused-ring (bicyclic) bond motifs is 6. The van der Waals surface area contributed by atoms with Gasteiger partial charge in [-0.3, -0.25) is 0 Å². The van der Waals surface area contributed by atoms with Crippen molar-refractivity contribution < 1.29 is 9.53 Å². The third kappa shape index (κ3) is 8.54.